The van der Waals surface area contributed by atoms with E-state index in [1.807, 2.05) is 30.3 Å². The smallest absolute Gasteiger partial charge is 0.272 e. The minimum absolute atomic E-state index is 0.0644. The minimum atomic E-state index is -0.0644. The Morgan fingerprint density at radius 3 is 2.59 bits per heavy atom. The molecule has 2 N–H and O–H groups in total. The zero-order valence-electron chi connectivity index (χ0n) is 12.3. The number of nitrogens with zero attached hydrogens (tertiary/aromatic N) is 2. The second kappa shape index (κ2) is 6.58. The molecule has 0 aliphatic carbocycles. The Morgan fingerprint density at radius 1 is 1.14 bits per heavy atom. The monoisotopic (exact) mass is 297 g/mol. The largest absolute Gasteiger partial charge is 0.457 e. The summed E-state index contributed by atoms with van der Waals surface area (Å²) >= 11 is 0. The van der Waals surface area contributed by atoms with E-state index in [1.165, 1.54) is 0 Å². The van der Waals surface area contributed by atoms with Gasteiger partial charge in [-0.1, -0.05) is 18.2 Å². The molecule has 1 saturated heterocycles. The van der Waals surface area contributed by atoms with E-state index in [9.17, 15) is 4.79 Å². The number of hydrogen-bond acceptors (Lipinski definition) is 4. The lowest BCUT2D eigenvalue weighted by Gasteiger charge is -2.29. The van der Waals surface area contributed by atoms with Crippen LogP contribution in [0.3, 0.4) is 0 Å². The van der Waals surface area contributed by atoms with Crippen LogP contribution in [0.2, 0.25) is 0 Å². The number of piperidine rings is 1. The van der Waals surface area contributed by atoms with Gasteiger partial charge >= 0.3 is 0 Å². The van der Waals surface area contributed by atoms with Crippen LogP contribution in [0.1, 0.15) is 23.3 Å². The number of aromatic nitrogens is 1. The third kappa shape index (κ3) is 3.43. The van der Waals surface area contributed by atoms with Crippen LogP contribution in [-0.4, -0.2) is 34.9 Å². The first-order chi connectivity index (χ1) is 10.7. The molecule has 1 fully saturated rings. The number of carbonyl (C=O) groups excluding carboxylic acids is 1. The van der Waals surface area contributed by atoms with Gasteiger partial charge in [0.25, 0.3) is 5.91 Å². The van der Waals surface area contributed by atoms with Gasteiger partial charge in [-0.05, 0) is 31.0 Å². The summed E-state index contributed by atoms with van der Waals surface area (Å²) in [5.74, 6) is 1.28. The van der Waals surface area contributed by atoms with Gasteiger partial charge in [0.05, 0.1) is 0 Å². The van der Waals surface area contributed by atoms with Gasteiger partial charge in [-0.25, -0.2) is 0 Å². The zero-order valence-corrected chi connectivity index (χ0v) is 12.3. The molecule has 5 nitrogen and oxygen atoms in total. The van der Waals surface area contributed by atoms with Crippen molar-refractivity contribution in [1.82, 2.24) is 9.88 Å². The first-order valence-corrected chi connectivity index (χ1v) is 7.46. The van der Waals surface area contributed by atoms with Gasteiger partial charge < -0.3 is 15.4 Å². The molecule has 0 unspecified atom stereocenters. The van der Waals surface area contributed by atoms with Crippen LogP contribution >= 0.6 is 0 Å². The fraction of sp³-hybridized carbons (Fsp3) is 0.294. The van der Waals surface area contributed by atoms with E-state index >= 15 is 0 Å². The summed E-state index contributed by atoms with van der Waals surface area (Å²) in [5, 5.41) is 0. The van der Waals surface area contributed by atoms with Gasteiger partial charge in [-0.2, -0.15) is 0 Å². The minimum Gasteiger partial charge on any atom is -0.457 e. The third-order valence-corrected chi connectivity index (χ3v) is 3.76. The van der Waals surface area contributed by atoms with E-state index in [-0.39, 0.29) is 11.9 Å². The molecule has 2 aromatic rings. The van der Waals surface area contributed by atoms with Crippen LogP contribution in [0.25, 0.3) is 0 Å². The SMILES string of the molecule is NC1CCN(C(=O)c2cc(Oc3ccccc3)ccn2)CC1. The molecule has 1 aliphatic rings. The average Bonchev–Trinajstić information content (AvgIpc) is 2.56. The molecular formula is C17H19N3O2. The molecule has 1 amide bonds. The van der Waals surface area contributed by atoms with E-state index in [4.69, 9.17) is 10.5 Å². The van der Waals surface area contributed by atoms with Crippen LogP contribution in [0.5, 0.6) is 11.5 Å². The van der Waals surface area contributed by atoms with E-state index in [0.29, 0.717) is 24.5 Å². The van der Waals surface area contributed by atoms with Crippen molar-refractivity contribution in [1.29, 1.82) is 0 Å². The number of benzene rings is 1. The summed E-state index contributed by atoms with van der Waals surface area (Å²) in [6.07, 6.45) is 3.28. The summed E-state index contributed by atoms with van der Waals surface area (Å²) in [6, 6.07) is 13.1. The van der Waals surface area contributed by atoms with Gasteiger partial charge in [0.15, 0.2) is 0 Å². The predicted octanol–water partition coefficient (Wildman–Crippen LogP) is 2.44. The number of para-hydroxylation sites is 1. The summed E-state index contributed by atoms with van der Waals surface area (Å²) < 4.78 is 5.74. The van der Waals surface area contributed by atoms with E-state index in [2.05, 4.69) is 4.98 Å². The molecule has 114 valence electrons. The number of nitrogens with two attached hydrogens (primary N) is 1. The fourth-order valence-electron chi connectivity index (χ4n) is 2.48. The number of amides is 1. The van der Waals surface area contributed by atoms with E-state index in [1.54, 1.807) is 23.2 Å². The van der Waals surface area contributed by atoms with Crippen LogP contribution in [0.4, 0.5) is 0 Å². The van der Waals surface area contributed by atoms with Crippen LogP contribution in [0, 0.1) is 0 Å². The zero-order chi connectivity index (χ0) is 15.4. The van der Waals surface area contributed by atoms with Crippen molar-refractivity contribution in [3.8, 4) is 11.5 Å². The van der Waals surface area contributed by atoms with E-state index in [0.717, 1.165) is 18.6 Å². The number of ether oxygens (including phenoxy) is 1. The standard InChI is InChI=1S/C17H19N3O2/c18-13-7-10-20(11-8-13)17(21)16-12-15(6-9-19-16)22-14-4-2-1-3-5-14/h1-6,9,12-13H,7-8,10-11,18H2. The number of likely N-dealkylation sites (tertiary alicyclic amines) is 1. The van der Waals surface area contributed by atoms with Crippen LogP contribution in [-0.2, 0) is 0 Å². The molecule has 0 radical (unpaired) electrons. The molecular weight excluding hydrogens is 278 g/mol. The third-order valence-electron chi connectivity index (χ3n) is 3.76. The average molecular weight is 297 g/mol. The van der Waals surface area contributed by atoms with Crippen molar-refractivity contribution < 1.29 is 9.53 Å². The molecule has 5 heteroatoms. The molecule has 2 heterocycles. The highest BCUT2D eigenvalue weighted by atomic mass is 16.5. The summed E-state index contributed by atoms with van der Waals surface area (Å²) in [4.78, 5) is 18.5. The van der Waals surface area contributed by atoms with Gasteiger partial charge in [0, 0.05) is 31.4 Å². The Bertz CT molecular complexity index is 637. The van der Waals surface area contributed by atoms with E-state index < -0.39 is 0 Å². The Hall–Kier alpha value is -2.40. The Kier molecular flexibility index (Phi) is 4.34. The van der Waals surface area contributed by atoms with Crippen LogP contribution in [0.15, 0.2) is 48.7 Å². The van der Waals surface area contributed by atoms with Gasteiger partial charge in [-0.3, -0.25) is 9.78 Å². The Balaban J connectivity index is 1.72. The molecule has 0 atom stereocenters. The van der Waals surface area contributed by atoms with Crippen molar-refractivity contribution in [2.24, 2.45) is 5.73 Å². The normalized spacial score (nSPS) is 15.6. The number of pyridine rings is 1. The van der Waals surface area contributed by atoms with Gasteiger partial charge in [0.1, 0.15) is 17.2 Å². The second-order valence-corrected chi connectivity index (χ2v) is 5.42. The Morgan fingerprint density at radius 2 is 1.86 bits per heavy atom. The molecule has 0 saturated carbocycles. The highest BCUT2D eigenvalue weighted by molar-refractivity contribution is 5.92. The van der Waals surface area contributed by atoms with Gasteiger partial charge in [0.2, 0.25) is 0 Å². The molecule has 0 bridgehead atoms. The Labute approximate surface area is 129 Å². The molecule has 1 aliphatic heterocycles. The van der Waals surface area contributed by atoms with Crippen LogP contribution < -0.4 is 10.5 Å². The highest BCUT2D eigenvalue weighted by Crippen LogP contribution is 2.21. The second-order valence-electron chi connectivity index (χ2n) is 5.42. The first-order valence-electron chi connectivity index (χ1n) is 7.46. The highest BCUT2D eigenvalue weighted by Gasteiger charge is 2.22. The van der Waals surface area contributed by atoms with Crippen molar-refractivity contribution in [3.63, 3.8) is 0 Å². The molecule has 1 aromatic heterocycles. The van der Waals surface area contributed by atoms with Crippen molar-refractivity contribution in [2.75, 3.05) is 13.1 Å². The summed E-state index contributed by atoms with van der Waals surface area (Å²) in [6.45, 7) is 1.37. The summed E-state index contributed by atoms with van der Waals surface area (Å²) in [7, 11) is 0. The first kappa shape index (κ1) is 14.5. The summed E-state index contributed by atoms with van der Waals surface area (Å²) in [5.41, 5.74) is 6.28. The fourth-order valence-corrected chi connectivity index (χ4v) is 2.48. The van der Waals surface area contributed by atoms with Crippen molar-refractivity contribution >= 4 is 5.91 Å². The topological polar surface area (TPSA) is 68.5 Å². The van der Waals surface area contributed by atoms with Gasteiger partial charge in [-0.15, -0.1) is 0 Å². The lowest BCUT2D eigenvalue weighted by Crippen LogP contribution is -2.43. The van der Waals surface area contributed by atoms with Crippen molar-refractivity contribution in [2.45, 2.75) is 18.9 Å². The molecule has 3 rings (SSSR count). The lowest BCUT2D eigenvalue weighted by atomic mass is 10.1. The maximum atomic E-state index is 12.5. The quantitative estimate of drug-likeness (QED) is 0.944. The predicted molar refractivity (Wildman–Crippen MR) is 83.9 cm³/mol. The maximum absolute atomic E-state index is 12.5. The number of rotatable bonds is 3. The molecule has 22 heavy (non-hydrogen) atoms. The number of carbonyl (C=O) groups is 1. The number of hydrogen-bond donors (Lipinski definition) is 1. The van der Waals surface area contributed by atoms with Crippen molar-refractivity contribution in [3.05, 3.63) is 54.4 Å². The maximum Gasteiger partial charge on any atom is 0.272 e. The lowest BCUT2D eigenvalue weighted by molar-refractivity contribution is 0.0708. The molecule has 1 aromatic carbocycles. The molecule has 0 spiro atoms.